The van der Waals surface area contributed by atoms with Crippen LogP contribution >= 0.6 is 11.3 Å². The first kappa shape index (κ1) is 18.7. The normalized spacial score (nSPS) is 15.6. The molecule has 1 fully saturated rings. The minimum absolute atomic E-state index is 0.175. The number of esters is 2. The van der Waals surface area contributed by atoms with E-state index >= 15 is 0 Å². The van der Waals surface area contributed by atoms with E-state index in [1.54, 1.807) is 24.3 Å². The number of carbonyl (C=O) groups excluding carboxylic acids is 3. The number of hydrogen-bond donors (Lipinski definition) is 2. The Labute approximate surface area is 160 Å². The molecule has 0 spiro atoms. The summed E-state index contributed by atoms with van der Waals surface area (Å²) in [6, 6.07) is 8.81. The number of rotatable bonds is 4. The Morgan fingerprint density at radius 2 is 1.85 bits per heavy atom. The molecule has 1 amide bonds. The highest BCUT2D eigenvalue weighted by Gasteiger charge is 2.38. The fourth-order valence-electron chi connectivity index (χ4n) is 2.42. The molecule has 2 heterocycles. The summed E-state index contributed by atoms with van der Waals surface area (Å²) in [4.78, 5) is 36.6. The zero-order valence-corrected chi connectivity index (χ0v) is 15.8. The Bertz CT molecular complexity index is 910. The predicted molar refractivity (Wildman–Crippen MR) is 101 cm³/mol. The number of amides is 1. The van der Waals surface area contributed by atoms with Gasteiger partial charge in [0, 0.05) is 31.4 Å². The maximum atomic E-state index is 12.1. The lowest BCUT2D eigenvalue weighted by molar-refractivity contribution is -0.222. The molecule has 1 aromatic carbocycles. The van der Waals surface area contributed by atoms with Crippen molar-refractivity contribution in [2.45, 2.75) is 26.6 Å². The van der Waals surface area contributed by atoms with Gasteiger partial charge in [-0.15, -0.1) is 11.3 Å². The monoisotopic (exact) mass is 386 g/mol. The topological polar surface area (TPSA) is 93.7 Å². The van der Waals surface area contributed by atoms with E-state index < -0.39 is 17.7 Å². The lowest BCUT2D eigenvalue weighted by Gasteiger charge is -2.29. The Kier molecular flexibility index (Phi) is 5.00. The summed E-state index contributed by atoms with van der Waals surface area (Å²) in [5, 5.41) is 7.56. The number of thiophene rings is 1. The fraction of sp³-hybridized carbons (Fsp3) is 0.211. The van der Waals surface area contributed by atoms with Gasteiger partial charge in [-0.05, 0) is 42.1 Å². The van der Waals surface area contributed by atoms with Gasteiger partial charge in [0.1, 0.15) is 0 Å². The van der Waals surface area contributed by atoms with Crippen LogP contribution in [0.4, 0.5) is 11.4 Å². The van der Waals surface area contributed by atoms with Gasteiger partial charge < -0.3 is 20.1 Å². The van der Waals surface area contributed by atoms with Crippen molar-refractivity contribution in [2.75, 3.05) is 10.6 Å². The van der Waals surface area contributed by atoms with Gasteiger partial charge in [-0.25, -0.2) is 9.59 Å². The summed E-state index contributed by atoms with van der Waals surface area (Å²) in [6.07, 6.45) is 1.25. The van der Waals surface area contributed by atoms with Crippen LogP contribution in [0.3, 0.4) is 0 Å². The van der Waals surface area contributed by atoms with Gasteiger partial charge in [-0.3, -0.25) is 4.79 Å². The number of anilines is 2. The zero-order valence-electron chi connectivity index (χ0n) is 15.0. The zero-order chi connectivity index (χ0) is 19.6. The lowest BCUT2D eigenvalue weighted by atomic mass is 10.1. The van der Waals surface area contributed by atoms with Crippen molar-refractivity contribution < 1.29 is 23.9 Å². The van der Waals surface area contributed by atoms with E-state index in [1.807, 2.05) is 18.4 Å². The molecule has 7 nitrogen and oxygen atoms in total. The van der Waals surface area contributed by atoms with E-state index in [2.05, 4.69) is 10.6 Å². The SMILES string of the molecule is Cc1cc(NC=C2C(=O)OC(C)(C)OC2=O)ccc1NC(=O)c1cccs1. The van der Waals surface area contributed by atoms with Gasteiger partial charge in [-0.2, -0.15) is 0 Å². The predicted octanol–water partition coefficient (Wildman–Crippen LogP) is 3.44. The minimum atomic E-state index is -1.27. The number of nitrogens with one attached hydrogen (secondary N) is 2. The third-order valence-electron chi connectivity index (χ3n) is 3.72. The summed E-state index contributed by atoms with van der Waals surface area (Å²) >= 11 is 1.36. The first-order chi connectivity index (χ1) is 12.7. The standard InChI is InChI=1S/C19H18N2O5S/c1-11-9-12(6-7-14(11)21-16(22)15-5-4-8-27-15)20-10-13-17(23)25-19(2,3)26-18(13)24/h4-10,20H,1-3H3,(H,21,22). The van der Waals surface area contributed by atoms with Gasteiger partial charge in [0.2, 0.25) is 0 Å². The molecule has 1 aliphatic rings. The molecule has 0 aliphatic carbocycles. The molecule has 0 saturated carbocycles. The van der Waals surface area contributed by atoms with E-state index in [-0.39, 0.29) is 11.5 Å². The molecule has 1 aliphatic heterocycles. The van der Waals surface area contributed by atoms with E-state index in [0.29, 0.717) is 16.3 Å². The van der Waals surface area contributed by atoms with E-state index in [9.17, 15) is 14.4 Å². The van der Waals surface area contributed by atoms with Gasteiger partial charge in [0.05, 0.1) is 4.88 Å². The summed E-state index contributed by atoms with van der Waals surface area (Å²) in [5.74, 6) is -2.95. The van der Waals surface area contributed by atoms with Crippen LogP contribution in [0.5, 0.6) is 0 Å². The summed E-state index contributed by atoms with van der Waals surface area (Å²) in [5.41, 5.74) is 1.91. The summed E-state index contributed by atoms with van der Waals surface area (Å²) in [7, 11) is 0. The summed E-state index contributed by atoms with van der Waals surface area (Å²) < 4.78 is 10.1. The number of benzene rings is 1. The van der Waals surface area contributed by atoms with Crippen LogP contribution in [-0.2, 0) is 19.1 Å². The van der Waals surface area contributed by atoms with Crippen LogP contribution in [0.15, 0.2) is 47.5 Å². The Balaban J connectivity index is 1.70. The molecule has 1 aromatic heterocycles. The molecule has 1 saturated heterocycles. The average Bonchev–Trinajstić information content (AvgIpc) is 3.10. The minimum Gasteiger partial charge on any atom is -0.419 e. The molecular weight excluding hydrogens is 368 g/mol. The first-order valence-electron chi connectivity index (χ1n) is 8.14. The number of hydrogen-bond acceptors (Lipinski definition) is 7. The van der Waals surface area contributed by atoms with Crippen molar-refractivity contribution in [2.24, 2.45) is 0 Å². The number of ether oxygens (including phenoxy) is 2. The first-order valence-corrected chi connectivity index (χ1v) is 9.02. The molecule has 0 bridgehead atoms. The molecule has 2 N–H and O–H groups in total. The van der Waals surface area contributed by atoms with E-state index in [0.717, 1.165) is 5.56 Å². The van der Waals surface area contributed by atoms with Crippen LogP contribution in [0, 0.1) is 6.92 Å². The van der Waals surface area contributed by atoms with Gasteiger partial charge in [-0.1, -0.05) is 6.07 Å². The second-order valence-electron chi connectivity index (χ2n) is 6.34. The summed E-state index contributed by atoms with van der Waals surface area (Å²) in [6.45, 7) is 4.81. The quantitative estimate of drug-likeness (QED) is 0.475. The van der Waals surface area contributed by atoms with Crippen LogP contribution in [0.25, 0.3) is 0 Å². The Morgan fingerprint density at radius 1 is 1.15 bits per heavy atom. The number of aryl methyl sites for hydroxylation is 1. The Hall–Kier alpha value is -3.13. The smallest absolute Gasteiger partial charge is 0.350 e. The van der Waals surface area contributed by atoms with Crippen molar-refractivity contribution in [3.8, 4) is 0 Å². The maximum absolute atomic E-state index is 12.1. The molecule has 0 radical (unpaired) electrons. The second kappa shape index (κ2) is 7.24. The largest absolute Gasteiger partial charge is 0.419 e. The number of carbonyl (C=O) groups is 3. The molecule has 8 heteroatoms. The number of cyclic esters (lactones) is 2. The van der Waals surface area contributed by atoms with Crippen molar-refractivity contribution >= 4 is 40.6 Å². The van der Waals surface area contributed by atoms with Crippen LogP contribution in [0.1, 0.15) is 29.1 Å². The molecule has 0 unspecified atom stereocenters. The highest BCUT2D eigenvalue weighted by molar-refractivity contribution is 7.12. The molecule has 140 valence electrons. The van der Waals surface area contributed by atoms with E-state index in [4.69, 9.17) is 9.47 Å². The van der Waals surface area contributed by atoms with Crippen LogP contribution in [-0.4, -0.2) is 23.6 Å². The van der Waals surface area contributed by atoms with Crippen molar-refractivity contribution in [3.63, 3.8) is 0 Å². The fourth-order valence-corrected chi connectivity index (χ4v) is 3.04. The van der Waals surface area contributed by atoms with Crippen LogP contribution < -0.4 is 10.6 Å². The van der Waals surface area contributed by atoms with Crippen molar-refractivity contribution in [1.82, 2.24) is 0 Å². The molecule has 3 rings (SSSR count). The third-order valence-corrected chi connectivity index (χ3v) is 4.59. The molecule has 2 aromatic rings. The maximum Gasteiger partial charge on any atom is 0.350 e. The second-order valence-corrected chi connectivity index (χ2v) is 7.29. The van der Waals surface area contributed by atoms with Crippen molar-refractivity contribution in [1.29, 1.82) is 0 Å². The highest BCUT2D eigenvalue weighted by atomic mass is 32.1. The third kappa shape index (κ3) is 4.35. The van der Waals surface area contributed by atoms with Crippen LogP contribution in [0.2, 0.25) is 0 Å². The van der Waals surface area contributed by atoms with Gasteiger partial charge in [0.25, 0.3) is 11.7 Å². The highest BCUT2D eigenvalue weighted by Crippen LogP contribution is 2.24. The molecular formula is C19H18N2O5S. The lowest BCUT2D eigenvalue weighted by Crippen LogP contribution is -2.42. The average molecular weight is 386 g/mol. The van der Waals surface area contributed by atoms with Gasteiger partial charge >= 0.3 is 11.9 Å². The van der Waals surface area contributed by atoms with E-state index in [1.165, 1.54) is 31.4 Å². The van der Waals surface area contributed by atoms with Crippen molar-refractivity contribution in [3.05, 3.63) is 57.9 Å². The molecule has 0 atom stereocenters. The van der Waals surface area contributed by atoms with Gasteiger partial charge in [0.15, 0.2) is 5.57 Å². The Morgan fingerprint density at radius 3 is 2.44 bits per heavy atom. The molecule has 27 heavy (non-hydrogen) atoms.